The number of ether oxygens (including phenoxy) is 2. The van der Waals surface area contributed by atoms with Gasteiger partial charge in [-0.05, 0) is 18.9 Å². The van der Waals surface area contributed by atoms with Crippen LogP contribution in [-0.2, 0) is 19.1 Å². The van der Waals surface area contributed by atoms with E-state index in [1.54, 1.807) is 6.92 Å². The van der Waals surface area contributed by atoms with Crippen molar-refractivity contribution in [1.82, 2.24) is 14.8 Å². The number of nitrogen functional groups attached to an aromatic ring is 1. The monoisotopic (exact) mass is 503 g/mol. The Morgan fingerprint density at radius 2 is 1.94 bits per heavy atom. The van der Waals surface area contributed by atoms with Crippen molar-refractivity contribution in [1.29, 1.82) is 0 Å². The van der Waals surface area contributed by atoms with Crippen LogP contribution < -0.4 is 11.1 Å². The highest BCUT2D eigenvalue weighted by molar-refractivity contribution is 7.99. The standard InChI is InChI=1S/C22H25N5O5S2/c1-4-15(27-21(23)25-26-22(27)34-12-16(28)31-3)18(29)24-19-17(20(30)32-5-2)14(11-33-19)13-9-7-6-8-10-13/h6-11,15H,4-5,12H2,1-3H3,(H2,23,25)(H,24,29). The Kier molecular flexibility index (Phi) is 8.66. The molecular weight excluding hydrogens is 478 g/mol. The summed E-state index contributed by atoms with van der Waals surface area (Å²) in [5, 5.41) is 13.2. The molecule has 0 saturated carbocycles. The summed E-state index contributed by atoms with van der Waals surface area (Å²) in [6.45, 7) is 3.74. The number of amides is 1. The summed E-state index contributed by atoms with van der Waals surface area (Å²) in [6, 6.07) is 8.62. The average Bonchev–Trinajstić information content (AvgIpc) is 3.42. The Morgan fingerprint density at radius 3 is 2.59 bits per heavy atom. The summed E-state index contributed by atoms with van der Waals surface area (Å²) >= 11 is 2.30. The van der Waals surface area contributed by atoms with Gasteiger partial charge in [-0.2, -0.15) is 0 Å². The molecule has 0 fully saturated rings. The molecule has 180 valence electrons. The third kappa shape index (κ3) is 5.57. The van der Waals surface area contributed by atoms with Crippen LogP contribution in [0, 0.1) is 0 Å². The third-order valence-corrected chi connectivity index (χ3v) is 6.64. The van der Waals surface area contributed by atoms with Crippen molar-refractivity contribution in [2.75, 3.05) is 30.5 Å². The zero-order valence-electron chi connectivity index (χ0n) is 18.9. The van der Waals surface area contributed by atoms with Crippen LogP contribution in [0.2, 0.25) is 0 Å². The van der Waals surface area contributed by atoms with Crippen molar-refractivity contribution >= 4 is 51.9 Å². The molecule has 0 saturated heterocycles. The minimum atomic E-state index is -0.771. The predicted molar refractivity (Wildman–Crippen MR) is 131 cm³/mol. The van der Waals surface area contributed by atoms with Crippen LogP contribution in [0.1, 0.15) is 36.7 Å². The maximum atomic E-state index is 13.3. The fourth-order valence-electron chi connectivity index (χ4n) is 3.23. The van der Waals surface area contributed by atoms with Crippen molar-refractivity contribution in [3.63, 3.8) is 0 Å². The highest BCUT2D eigenvalue weighted by Gasteiger charge is 2.28. The number of nitrogens with two attached hydrogens (primary N) is 1. The Bertz CT molecular complexity index is 1160. The zero-order valence-corrected chi connectivity index (χ0v) is 20.6. The van der Waals surface area contributed by atoms with Crippen molar-refractivity contribution in [2.45, 2.75) is 31.5 Å². The van der Waals surface area contributed by atoms with E-state index in [1.807, 2.05) is 42.6 Å². The van der Waals surface area contributed by atoms with Gasteiger partial charge in [-0.25, -0.2) is 4.79 Å². The lowest BCUT2D eigenvalue weighted by atomic mass is 10.0. The lowest BCUT2D eigenvalue weighted by molar-refractivity contribution is -0.137. The first-order valence-electron chi connectivity index (χ1n) is 10.5. The van der Waals surface area contributed by atoms with E-state index in [9.17, 15) is 14.4 Å². The molecule has 34 heavy (non-hydrogen) atoms. The number of thiophene rings is 1. The number of carbonyl (C=O) groups excluding carboxylic acids is 3. The largest absolute Gasteiger partial charge is 0.468 e. The van der Waals surface area contributed by atoms with Crippen LogP contribution in [0.3, 0.4) is 0 Å². The van der Waals surface area contributed by atoms with Gasteiger partial charge in [0, 0.05) is 10.9 Å². The summed E-state index contributed by atoms with van der Waals surface area (Å²) in [6.07, 6.45) is 0.367. The van der Waals surface area contributed by atoms with E-state index < -0.39 is 23.9 Å². The van der Waals surface area contributed by atoms with E-state index in [2.05, 4.69) is 20.3 Å². The molecule has 0 aliphatic heterocycles. The maximum Gasteiger partial charge on any atom is 0.341 e. The first-order chi connectivity index (χ1) is 16.4. The molecule has 0 aliphatic carbocycles. The number of carbonyl (C=O) groups is 3. The van der Waals surface area contributed by atoms with Crippen molar-refractivity contribution in [3.8, 4) is 11.1 Å². The molecule has 3 N–H and O–H groups in total. The molecule has 1 aromatic carbocycles. The SMILES string of the molecule is CCOC(=O)c1c(-c2ccccc2)csc1NC(=O)C(CC)n1c(N)nnc1SCC(=O)OC. The summed E-state index contributed by atoms with van der Waals surface area (Å²) in [5.74, 6) is -1.34. The number of hydrogen-bond donors (Lipinski definition) is 2. The molecule has 10 nitrogen and oxygen atoms in total. The highest BCUT2D eigenvalue weighted by Crippen LogP contribution is 2.37. The van der Waals surface area contributed by atoms with Gasteiger partial charge in [-0.15, -0.1) is 21.5 Å². The molecule has 1 unspecified atom stereocenters. The molecule has 12 heteroatoms. The smallest absolute Gasteiger partial charge is 0.341 e. The van der Waals surface area contributed by atoms with Gasteiger partial charge in [0.2, 0.25) is 11.9 Å². The van der Waals surface area contributed by atoms with Crippen molar-refractivity contribution in [3.05, 3.63) is 41.3 Å². The number of esters is 2. The van der Waals surface area contributed by atoms with E-state index in [0.717, 1.165) is 17.3 Å². The zero-order chi connectivity index (χ0) is 24.7. The van der Waals surface area contributed by atoms with Gasteiger partial charge in [-0.3, -0.25) is 14.2 Å². The molecule has 3 aromatic rings. The first-order valence-corrected chi connectivity index (χ1v) is 12.3. The van der Waals surface area contributed by atoms with Crippen LogP contribution in [0.25, 0.3) is 11.1 Å². The average molecular weight is 504 g/mol. The Balaban J connectivity index is 1.92. The number of benzene rings is 1. The van der Waals surface area contributed by atoms with E-state index in [0.29, 0.717) is 27.7 Å². The van der Waals surface area contributed by atoms with E-state index in [1.165, 1.54) is 23.0 Å². The molecule has 3 rings (SSSR count). The Hall–Kier alpha value is -3.38. The topological polar surface area (TPSA) is 138 Å². The number of rotatable bonds is 10. The van der Waals surface area contributed by atoms with Gasteiger partial charge in [0.1, 0.15) is 16.6 Å². The normalized spacial score (nSPS) is 11.6. The lowest BCUT2D eigenvalue weighted by Gasteiger charge is -2.19. The summed E-state index contributed by atoms with van der Waals surface area (Å²) < 4.78 is 11.4. The lowest BCUT2D eigenvalue weighted by Crippen LogP contribution is -2.27. The fourth-order valence-corrected chi connectivity index (χ4v) is 5.01. The predicted octanol–water partition coefficient (Wildman–Crippen LogP) is 3.62. The molecule has 0 spiro atoms. The first kappa shape index (κ1) is 25.2. The van der Waals surface area contributed by atoms with Gasteiger partial charge in [0.15, 0.2) is 5.16 Å². The third-order valence-electron chi connectivity index (χ3n) is 4.83. The maximum absolute atomic E-state index is 13.3. The Labute approximate surface area is 204 Å². The van der Waals surface area contributed by atoms with Gasteiger partial charge in [0.25, 0.3) is 0 Å². The van der Waals surface area contributed by atoms with Gasteiger partial charge in [-0.1, -0.05) is 49.0 Å². The second kappa shape index (κ2) is 11.7. The number of thioether (sulfide) groups is 1. The van der Waals surface area contributed by atoms with Gasteiger partial charge in [0.05, 0.1) is 19.5 Å². The second-order valence-electron chi connectivity index (χ2n) is 6.93. The fraction of sp³-hybridized carbons (Fsp3) is 0.318. The Morgan fingerprint density at radius 1 is 1.21 bits per heavy atom. The second-order valence-corrected chi connectivity index (χ2v) is 8.75. The highest BCUT2D eigenvalue weighted by atomic mass is 32.2. The number of hydrogen-bond acceptors (Lipinski definition) is 10. The number of aromatic nitrogens is 3. The van der Waals surface area contributed by atoms with Crippen LogP contribution in [0.4, 0.5) is 10.9 Å². The van der Waals surface area contributed by atoms with E-state index in [4.69, 9.17) is 10.5 Å². The number of anilines is 2. The quantitative estimate of drug-likeness (QED) is 0.314. The van der Waals surface area contributed by atoms with Gasteiger partial charge >= 0.3 is 11.9 Å². The molecule has 2 aromatic heterocycles. The van der Waals surface area contributed by atoms with Crippen LogP contribution in [0.15, 0.2) is 40.9 Å². The molecular formula is C22H25N5O5S2. The van der Waals surface area contributed by atoms with E-state index in [-0.39, 0.29) is 18.3 Å². The van der Waals surface area contributed by atoms with Crippen LogP contribution in [0.5, 0.6) is 0 Å². The summed E-state index contributed by atoms with van der Waals surface area (Å²) in [5.41, 5.74) is 7.79. The number of methoxy groups -OCH3 is 1. The number of nitrogens with zero attached hydrogens (tertiary/aromatic N) is 3. The van der Waals surface area contributed by atoms with Crippen LogP contribution in [-0.4, -0.2) is 52.1 Å². The van der Waals surface area contributed by atoms with E-state index >= 15 is 0 Å². The molecule has 0 aliphatic rings. The molecule has 2 heterocycles. The number of nitrogens with one attached hydrogen (secondary N) is 1. The van der Waals surface area contributed by atoms with Crippen molar-refractivity contribution in [2.24, 2.45) is 0 Å². The molecule has 0 radical (unpaired) electrons. The van der Waals surface area contributed by atoms with Gasteiger partial charge < -0.3 is 20.5 Å². The van der Waals surface area contributed by atoms with Crippen molar-refractivity contribution < 1.29 is 23.9 Å². The molecule has 1 amide bonds. The summed E-state index contributed by atoms with van der Waals surface area (Å²) in [4.78, 5) is 37.7. The minimum Gasteiger partial charge on any atom is -0.468 e. The van der Waals surface area contributed by atoms with Crippen LogP contribution >= 0.6 is 23.1 Å². The summed E-state index contributed by atoms with van der Waals surface area (Å²) in [7, 11) is 1.29. The minimum absolute atomic E-state index is 0.00888. The molecule has 0 bridgehead atoms. The molecule has 1 atom stereocenters.